The van der Waals surface area contributed by atoms with Gasteiger partial charge in [-0.25, -0.2) is 0 Å². The standard InChI is InChI=1S/C14H19ClN2O2/c15-13-10-16-7-6-12(13)14(19)17(8-9-18)11-4-2-1-3-5-11/h6-7,10-11,18H,1-5,8-9H2. The van der Waals surface area contributed by atoms with Crippen molar-refractivity contribution in [2.24, 2.45) is 0 Å². The van der Waals surface area contributed by atoms with Gasteiger partial charge in [0.2, 0.25) is 0 Å². The average molecular weight is 283 g/mol. The smallest absolute Gasteiger partial charge is 0.255 e. The largest absolute Gasteiger partial charge is 0.395 e. The summed E-state index contributed by atoms with van der Waals surface area (Å²) in [5.41, 5.74) is 0.468. The molecule has 4 nitrogen and oxygen atoms in total. The fourth-order valence-electron chi connectivity index (χ4n) is 2.65. The Morgan fingerprint density at radius 2 is 2.16 bits per heavy atom. The van der Waals surface area contributed by atoms with E-state index in [1.165, 1.54) is 12.6 Å². The number of nitrogens with zero attached hydrogens (tertiary/aromatic N) is 2. The van der Waals surface area contributed by atoms with Gasteiger partial charge in [0.1, 0.15) is 0 Å². The number of carbonyl (C=O) groups is 1. The second kappa shape index (κ2) is 6.87. The molecule has 0 aliphatic heterocycles. The fraction of sp³-hybridized carbons (Fsp3) is 0.571. The molecule has 0 saturated heterocycles. The van der Waals surface area contributed by atoms with Gasteiger partial charge >= 0.3 is 0 Å². The van der Waals surface area contributed by atoms with Crippen molar-refractivity contribution in [2.75, 3.05) is 13.2 Å². The number of hydrogen-bond donors (Lipinski definition) is 1. The molecule has 1 saturated carbocycles. The van der Waals surface area contributed by atoms with Gasteiger partial charge in [0.25, 0.3) is 5.91 Å². The lowest BCUT2D eigenvalue weighted by molar-refractivity contribution is 0.0585. The molecule has 1 N–H and O–H groups in total. The van der Waals surface area contributed by atoms with Gasteiger partial charge in [-0.05, 0) is 18.9 Å². The molecule has 1 heterocycles. The summed E-state index contributed by atoms with van der Waals surface area (Å²) in [5, 5.41) is 9.56. The SMILES string of the molecule is O=C(c1ccncc1Cl)N(CCO)C1CCCCC1. The van der Waals surface area contributed by atoms with Gasteiger partial charge in [-0.1, -0.05) is 30.9 Å². The van der Waals surface area contributed by atoms with Crippen LogP contribution < -0.4 is 0 Å². The molecule has 0 aromatic carbocycles. The second-order valence-corrected chi connectivity index (χ2v) is 5.28. The Kier molecular flexibility index (Phi) is 5.16. The highest BCUT2D eigenvalue weighted by molar-refractivity contribution is 6.33. The van der Waals surface area contributed by atoms with Crippen LogP contribution in [0.15, 0.2) is 18.5 Å². The number of hydrogen-bond acceptors (Lipinski definition) is 3. The van der Waals surface area contributed by atoms with Gasteiger partial charge in [-0.3, -0.25) is 9.78 Å². The summed E-state index contributed by atoms with van der Waals surface area (Å²) in [7, 11) is 0. The molecule has 0 spiro atoms. The summed E-state index contributed by atoms with van der Waals surface area (Å²) >= 11 is 6.03. The monoisotopic (exact) mass is 282 g/mol. The van der Waals surface area contributed by atoms with Crippen molar-refractivity contribution in [1.82, 2.24) is 9.88 Å². The number of amides is 1. The van der Waals surface area contributed by atoms with Gasteiger partial charge in [-0.15, -0.1) is 0 Å². The summed E-state index contributed by atoms with van der Waals surface area (Å²) in [6, 6.07) is 1.86. The summed E-state index contributed by atoms with van der Waals surface area (Å²) in [6.45, 7) is 0.340. The van der Waals surface area contributed by atoms with E-state index in [2.05, 4.69) is 4.98 Å². The molecule has 1 fully saturated rings. The Hall–Kier alpha value is -1.13. The maximum Gasteiger partial charge on any atom is 0.255 e. The molecule has 1 aliphatic rings. The van der Waals surface area contributed by atoms with Crippen LogP contribution in [0.1, 0.15) is 42.5 Å². The zero-order valence-electron chi connectivity index (χ0n) is 10.9. The zero-order chi connectivity index (χ0) is 13.7. The van der Waals surface area contributed by atoms with Crippen molar-refractivity contribution >= 4 is 17.5 Å². The highest BCUT2D eigenvalue weighted by atomic mass is 35.5. The maximum absolute atomic E-state index is 12.6. The Morgan fingerprint density at radius 1 is 1.42 bits per heavy atom. The van der Waals surface area contributed by atoms with E-state index in [0.29, 0.717) is 17.1 Å². The first-order valence-corrected chi connectivity index (χ1v) is 7.13. The van der Waals surface area contributed by atoms with E-state index in [1.807, 2.05) is 0 Å². The number of aliphatic hydroxyl groups excluding tert-OH is 1. The topological polar surface area (TPSA) is 53.4 Å². The predicted octanol–water partition coefficient (Wildman–Crippen LogP) is 2.50. The number of aromatic nitrogens is 1. The van der Waals surface area contributed by atoms with Crippen molar-refractivity contribution in [3.05, 3.63) is 29.0 Å². The van der Waals surface area contributed by atoms with E-state index < -0.39 is 0 Å². The minimum absolute atomic E-state index is 0.0229. The Labute approximate surface area is 118 Å². The summed E-state index contributed by atoms with van der Waals surface area (Å²) < 4.78 is 0. The third-order valence-electron chi connectivity index (χ3n) is 3.62. The predicted molar refractivity (Wildman–Crippen MR) is 74.2 cm³/mol. The Balaban J connectivity index is 2.18. The maximum atomic E-state index is 12.6. The van der Waals surface area contributed by atoms with Gasteiger partial charge in [0.05, 0.1) is 17.2 Å². The lowest BCUT2D eigenvalue weighted by Crippen LogP contribution is -2.43. The van der Waals surface area contributed by atoms with Gasteiger partial charge in [0.15, 0.2) is 0 Å². The lowest BCUT2D eigenvalue weighted by Gasteiger charge is -2.34. The molecule has 1 amide bonds. The first kappa shape index (κ1) is 14.3. The molecular weight excluding hydrogens is 264 g/mol. The molecule has 19 heavy (non-hydrogen) atoms. The van der Waals surface area contributed by atoms with E-state index in [-0.39, 0.29) is 18.6 Å². The minimum atomic E-state index is -0.103. The third-order valence-corrected chi connectivity index (χ3v) is 3.92. The molecular formula is C14H19ClN2O2. The number of carbonyl (C=O) groups excluding carboxylic acids is 1. The van der Waals surface area contributed by atoms with Crippen molar-refractivity contribution in [3.8, 4) is 0 Å². The van der Waals surface area contributed by atoms with Crippen molar-refractivity contribution in [3.63, 3.8) is 0 Å². The van der Waals surface area contributed by atoms with Crippen LogP contribution in [0.4, 0.5) is 0 Å². The number of pyridine rings is 1. The second-order valence-electron chi connectivity index (χ2n) is 4.87. The summed E-state index contributed by atoms with van der Waals surface area (Å²) in [4.78, 5) is 18.2. The van der Waals surface area contributed by atoms with E-state index in [1.54, 1.807) is 17.2 Å². The molecule has 5 heteroatoms. The third kappa shape index (κ3) is 3.45. The highest BCUT2D eigenvalue weighted by Crippen LogP contribution is 2.25. The minimum Gasteiger partial charge on any atom is -0.395 e. The van der Waals surface area contributed by atoms with Crippen LogP contribution in [-0.2, 0) is 0 Å². The first-order chi connectivity index (χ1) is 9.24. The van der Waals surface area contributed by atoms with E-state index >= 15 is 0 Å². The van der Waals surface area contributed by atoms with Crippen LogP contribution >= 0.6 is 11.6 Å². The fourth-order valence-corrected chi connectivity index (χ4v) is 2.85. The molecule has 1 aromatic heterocycles. The molecule has 104 valence electrons. The normalized spacial score (nSPS) is 16.3. The summed E-state index contributed by atoms with van der Waals surface area (Å²) in [6.07, 6.45) is 8.58. The highest BCUT2D eigenvalue weighted by Gasteiger charge is 2.26. The van der Waals surface area contributed by atoms with Crippen LogP contribution in [0.3, 0.4) is 0 Å². The van der Waals surface area contributed by atoms with Crippen LogP contribution in [0.25, 0.3) is 0 Å². The van der Waals surface area contributed by atoms with Crippen molar-refractivity contribution < 1.29 is 9.90 Å². The Bertz CT molecular complexity index is 433. The lowest BCUT2D eigenvalue weighted by atomic mass is 9.93. The first-order valence-electron chi connectivity index (χ1n) is 6.75. The molecule has 1 aromatic rings. The van der Waals surface area contributed by atoms with E-state index in [0.717, 1.165) is 25.7 Å². The molecule has 0 unspecified atom stereocenters. The number of halogens is 1. The molecule has 0 radical (unpaired) electrons. The number of rotatable bonds is 4. The van der Waals surface area contributed by atoms with Gasteiger partial charge in [-0.2, -0.15) is 0 Å². The molecule has 2 rings (SSSR count). The molecule has 0 atom stereocenters. The molecule has 1 aliphatic carbocycles. The average Bonchev–Trinajstić information content (AvgIpc) is 2.45. The van der Waals surface area contributed by atoms with Crippen molar-refractivity contribution in [2.45, 2.75) is 38.1 Å². The Morgan fingerprint density at radius 3 is 2.79 bits per heavy atom. The van der Waals surface area contributed by atoms with Crippen LogP contribution in [0.2, 0.25) is 5.02 Å². The van der Waals surface area contributed by atoms with Crippen LogP contribution in [0, 0.1) is 0 Å². The molecule has 0 bridgehead atoms. The summed E-state index contributed by atoms with van der Waals surface area (Å²) in [5.74, 6) is -0.103. The van der Waals surface area contributed by atoms with Crippen molar-refractivity contribution in [1.29, 1.82) is 0 Å². The van der Waals surface area contributed by atoms with Crippen LogP contribution in [-0.4, -0.2) is 40.1 Å². The van der Waals surface area contributed by atoms with Gasteiger partial charge in [0, 0.05) is 25.0 Å². The van der Waals surface area contributed by atoms with E-state index in [4.69, 9.17) is 11.6 Å². The van der Waals surface area contributed by atoms with Crippen LogP contribution in [0.5, 0.6) is 0 Å². The number of aliphatic hydroxyl groups is 1. The zero-order valence-corrected chi connectivity index (χ0v) is 11.6. The van der Waals surface area contributed by atoms with Gasteiger partial charge < -0.3 is 10.0 Å². The van der Waals surface area contributed by atoms with E-state index in [9.17, 15) is 9.90 Å². The quantitative estimate of drug-likeness (QED) is 0.923.